The summed E-state index contributed by atoms with van der Waals surface area (Å²) >= 11 is 0. The summed E-state index contributed by atoms with van der Waals surface area (Å²) in [6.07, 6.45) is 6.93. The van der Waals surface area contributed by atoms with Gasteiger partial charge in [-0.05, 0) is 49.2 Å². The van der Waals surface area contributed by atoms with Crippen LogP contribution in [-0.2, 0) is 13.9 Å². The molecule has 2 saturated carbocycles. The van der Waals surface area contributed by atoms with Gasteiger partial charge < -0.3 is 19.0 Å². The van der Waals surface area contributed by atoms with Gasteiger partial charge in [-0.3, -0.25) is 0 Å². The van der Waals surface area contributed by atoms with Gasteiger partial charge in [-0.25, -0.2) is 0 Å². The van der Waals surface area contributed by atoms with Gasteiger partial charge in [-0.15, -0.1) is 0 Å². The zero-order chi connectivity index (χ0) is 22.9. The molecule has 1 aliphatic heterocycles. The van der Waals surface area contributed by atoms with Gasteiger partial charge in [-0.2, -0.15) is 0 Å². The van der Waals surface area contributed by atoms with Crippen LogP contribution in [-0.4, -0.2) is 44.6 Å². The van der Waals surface area contributed by atoms with Crippen LogP contribution in [0.15, 0.2) is 0 Å². The Morgan fingerprint density at radius 2 is 1.87 bits per heavy atom. The molecule has 5 heteroatoms. The van der Waals surface area contributed by atoms with E-state index in [0.717, 1.165) is 25.7 Å². The first-order valence-electron chi connectivity index (χ1n) is 12.6. The van der Waals surface area contributed by atoms with Gasteiger partial charge in [0.1, 0.15) is 6.10 Å². The van der Waals surface area contributed by atoms with Crippen molar-refractivity contribution in [3.63, 3.8) is 0 Å². The third-order valence-corrected chi connectivity index (χ3v) is 12.8. The number of aliphatic hydroxyl groups is 1. The first-order chi connectivity index (χ1) is 14.5. The van der Waals surface area contributed by atoms with Gasteiger partial charge in [0.05, 0.1) is 19.3 Å². The number of ether oxygens (including phenoxy) is 2. The van der Waals surface area contributed by atoms with Crippen molar-refractivity contribution in [3.05, 3.63) is 0 Å². The van der Waals surface area contributed by atoms with E-state index in [0.29, 0.717) is 31.0 Å². The summed E-state index contributed by atoms with van der Waals surface area (Å²) in [5, 5.41) is 10.9. The molecule has 3 aliphatic rings. The lowest BCUT2D eigenvalue weighted by atomic mass is 9.56. The number of fused-ring (bicyclic) bond motifs is 2. The Hall–Kier alpha value is -0.383. The molecule has 1 N–H and O–H groups in total. The molecule has 3 rings (SSSR count). The van der Waals surface area contributed by atoms with E-state index in [1.807, 2.05) is 0 Å². The Kier molecular flexibility index (Phi) is 8.02. The molecule has 178 valence electrons. The molecule has 1 saturated heterocycles. The predicted octanol–water partition coefficient (Wildman–Crippen LogP) is 5.75. The Labute approximate surface area is 191 Å². The topological polar surface area (TPSA) is 47.9 Å². The molecule has 0 amide bonds. The molecule has 0 bridgehead atoms. The maximum atomic E-state index is 10.8. The number of aliphatic hydroxyl groups excluding tert-OH is 1. The summed E-state index contributed by atoms with van der Waals surface area (Å²) < 4.78 is 18.7. The molecule has 0 aromatic carbocycles. The lowest BCUT2D eigenvalue weighted by Gasteiger charge is -2.56. The zero-order valence-corrected chi connectivity index (χ0v) is 22.0. The molecular weight excluding hydrogens is 404 g/mol. The molecule has 4 nitrogen and oxygen atoms in total. The van der Waals surface area contributed by atoms with Crippen molar-refractivity contribution in [2.24, 2.45) is 23.7 Å². The molecule has 2 aliphatic carbocycles. The molecule has 1 spiro atoms. The van der Waals surface area contributed by atoms with Crippen LogP contribution in [0.4, 0.5) is 0 Å². The third-order valence-electron chi connectivity index (χ3n) is 8.35. The normalized spacial score (nSPS) is 32.0. The molecular formula is C26H46O4Si. The molecule has 1 heterocycles. The maximum Gasteiger partial charge on any atom is 0.193 e. The van der Waals surface area contributed by atoms with Crippen LogP contribution in [0.5, 0.6) is 0 Å². The lowest BCUT2D eigenvalue weighted by Crippen LogP contribution is -2.60. The fourth-order valence-corrected chi connectivity index (χ4v) is 6.53. The molecule has 1 unspecified atom stereocenters. The number of hydrogen-bond donors (Lipinski definition) is 1. The van der Waals surface area contributed by atoms with E-state index in [1.54, 1.807) is 0 Å². The van der Waals surface area contributed by atoms with E-state index in [1.165, 1.54) is 19.3 Å². The van der Waals surface area contributed by atoms with Gasteiger partial charge in [-0.1, -0.05) is 65.7 Å². The van der Waals surface area contributed by atoms with Crippen molar-refractivity contribution in [1.82, 2.24) is 0 Å². The number of rotatable bonds is 7. The fourth-order valence-electron chi connectivity index (χ4n) is 5.31. The van der Waals surface area contributed by atoms with Crippen LogP contribution in [0.3, 0.4) is 0 Å². The van der Waals surface area contributed by atoms with E-state index in [9.17, 15) is 5.11 Å². The Bertz CT molecular complexity index is 653. The minimum Gasteiger partial charge on any atom is -0.403 e. The molecule has 0 radical (unpaired) electrons. The average molecular weight is 451 g/mol. The average Bonchev–Trinajstić information content (AvgIpc) is 3.15. The van der Waals surface area contributed by atoms with E-state index >= 15 is 0 Å². The summed E-state index contributed by atoms with van der Waals surface area (Å²) in [4.78, 5) is 0. The summed E-state index contributed by atoms with van der Waals surface area (Å²) in [5.74, 6) is 8.05. The zero-order valence-electron chi connectivity index (χ0n) is 21.0. The van der Waals surface area contributed by atoms with Crippen LogP contribution in [0.1, 0.15) is 79.6 Å². The molecule has 0 aromatic heterocycles. The van der Waals surface area contributed by atoms with Crippen LogP contribution >= 0.6 is 0 Å². The van der Waals surface area contributed by atoms with Crippen molar-refractivity contribution in [1.29, 1.82) is 0 Å². The fraction of sp³-hybridized carbons (Fsp3) is 0.923. The summed E-state index contributed by atoms with van der Waals surface area (Å²) in [7, 11) is -1.92. The van der Waals surface area contributed by atoms with E-state index in [4.69, 9.17) is 13.9 Å². The van der Waals surface area contributed by atoms with Crippen molar-refractivity contribution in [3.8, 4) is 11.8 Å². The minimum absolute atomic E-state index is 0.00800. The first kappa shape index (κ1) is 25.2. The summed E-state index contributed by atoms with van der Waals surface area (Å²) in [6, 6.07) is 0. The molecule has 0 aromatic rings. The highest BCUT2D eigenvalue weighted by Crippen LogP contribution is 2.57. The van der Waals surface area contributed by atoms with Gasteiger partial charge in [0.15, 0.2) is 14.1 Å². The second-order valence-corrected chi connectivity index (χ2v) is 16.5. The molecule has 31 heavy (non-hydrogen) atoms. The lowest BCUT2D eigenvalue weighted by molar-refractivity contribution is -0.296. The van der Waals surface area contributed by atoms with Crippen LogP contribution in [0.25, 0.3) is 0 Å². The standard InChI is InChI=1S/C26H46O4Si/c1-8-9-10-19(2)17-20(30-31(6,7)25(3,4)5)11-12-21-22-18-26(28-15-16-29-26)23(22)13-14-24(21)27/h19-24,27H,8-10,13-18H2,1-7H3/t19?,20-,21+,22+,23-,24+/m0/s1. The van der Waals surface area contributed by atoms with Crippen LogP contribution in [0, 0.1) is 35.5 Å². The maximum absolute atomic E-state index is 10.8. The number of hydrogen-bond acceptors (Lipinski definition) is 4. The quantitative estimate of drug-likeness (QED) is 0.396. The van der Waals surface area contributed by atoms with Gasteiger partial charge in [0.2, 0.25) is 0 Å². The molecule has 6 atom stereocenters. The second kappa shape index (κ2) is 9.85. The second-order valence-electron chi connectivity index (χ2n) is 11.8. The molecule has 3 fully saturated rings. The van der Waals surface area contributed by atoms with E-state index in [2.05, 4.69) is 59.6 Å². The van der Waals surface area contributed by atoms with Crippen molar-refractivity contribution in [2.45, 2.75) is 116 Å². The van der Waals surface area contributed by atoms with Crippen molar-refractivity contribution < 1.29 is 19.0 Å². The predicted molar refractivity (Wildman–Crippen MR) is 128 cm³/mol. The Balaban J connectivity index is 1.73. The van der Waals surface area contributed by atoms with Crippen molar-refractivity contribution >= 4 is 8.32 Å². The minimum atomic E-state index is -1.92. The van der Waals surface area contributed by atoms with Gasteiger partial charge >= 0.3 is 0 Å². The third kappa shape index (κ3) is 5.58. The summed E-state index contributed by atoms with van der Waals surface area (Å²) in [6.45, 7) is 17.5. The highest BCUT2D eigenvalue weighted by Gasteiger charge is 2.62. The largest absolute Gasteiger partial charge is 0.403 e. The first-order valence-corrected chi connectivity index (χ1v) is 15.5. The Morgan fingerprint density at radius 1 is 1.19 bits per heavy atom. The monoisotopic (exact) mass is 450 g/mol. The Morgan fingerprint density at radius 3 is 2.48 bits per heavy atom. The van der Waals surface area contributed by atoms with E-state index < -0.39 is 8.32 Å². The highest BCUT2D eigenvalue weighted by atomic mass is 28.4. The number of unbranched alkanes of at least 4 members (excludes halogenated alkanes) is 1. The SMILES string of the molecule is CCCCC(C)C[C@H](C#C[C@@H]1[C@H]2CC3(OCCO3)[C@H]2CC[C@H]1O)O[Si](C)(C)C(C)(C)C. The summed E-state index contributed by atoms with van der Waals surface area (Å²) in [5.41, 5.74) is 0. The smallest absolute Gasteiger partial charge is 0.193 e. The van der Waals surface area contributed by atoms with Crippen molar-refractivity contribution in [2.75, 3.05) is 13.2 Å². The van der Waals surface area contributed by atoms with Crippen LogP contribution in [0.2, 0.25) is 18.1 Å². The van der Waals surface area contributed by atoms with Gasteiger partial charge in [0, 0.05) is 18.3 Å². The van der Waals surface area contributed by atoms with Crippen LogP contribution < -0.4 is 0 Å². The van der Waals surface area contributed by atoms with Gasteiger partial charge in [0.25, 0.3) is 0 Å². The van der Waals surface area contributed by atoms with E-state index in [-0.39, 0.29) is 29.0 Å². The highest BCUT2D eigenvalue weighted by molar-refractivity contribution is 6.74.